The van der Waals surface area contributed by atoms with Crippen molar-refractivity contribution in [2.75, 3.05) is 30.5 Å². The van der Waals surface area contributed by atoms with E-state index in [2.05, 4.69) is 19.2 Å². The van der Waals surface area contributed by atoms with Gasteiger partial charge in [0, 0.05) is 41.9 Å². The Balaban J connectivity index is 1.37. The summed E-state index contributed by atoms with van der Waals surface area (Å²) in [5.41, 5.74) is 4.52. The van der Waals surface area contributed by atoms with E-state index in [1.54, 1.807) is 30.3 Å². The van der Waals surface area contributed by atoms with Gasteiger partial charge < -0.3 is 19.7 Å². The number of carbonyl (C=O) groups is 3. The average molecular weight is 607 g/mol. The fourth-order valence-electron chi connectivity index (χ4n) is 5.15. The van der Waals surface area contributed by atoms with Crippen LogP contribution in [0.5, 0.6) is 5.75 Å². The lowest BCUT2D eigenvalue weighted by molar-refractivity contribution is -0.141. The van der Waals surface area contributed by atoms with Gasteiger partial charge in [-0.2, -0.15) is 0 Å². The highest BCUT2D eigenvalue weighted by atomic mass is 16.5. The van der Waals surface area contributed by atoms with Crippen LogP contribution in [0.1, 0.15) is 53.7 Å². The maximum atomic E-state index is 13.2. The highest BCUT2D eigenvalue weighted by Crippen LogP contribution is 2.24. The Morgan fingerprint density at radius 3 is 2.18 bits per heavy atom. The molecule has 45 heavy (non-hydrogen) atoms. The molecule has 0 spiro atoms. The molecule has 1 amide bonds. The highest BCUT2D eigenvalue weighted by molar-refractivity contribution is 6.12. The lowest BCUT2D eigenvalue weighted by Crippen LogP contribution is -2.34. The number of nitrogens with zero attached hydrogens (tertiary/aromatic N) is 1. The van der Waals surface area contributed by atoms with Crippen LogP contribution in [0.15, 0.2) is 103 Å². The number of benzene rings is 4. The van der Waals surface area contributed by atoms with Crippen LogP contribution < -0.4 is 15.0 Å². The van der Waals surface area contributed by atoms with Gasteiger partial charge in [0.05, 0.1) is 13.7 Å². The molecule has 1 atom stereocenters. The summed E-state index contributed by atoms with van der Waals surface area (Å²) in [6.45, 7) is 7.14. The van der Waals surface area contributed by atoms with Crippen molar-refractivity contribution < 1.29 is 23.9 Å². The topological polar surface area (TPSA) is 84.9 Å². The van der Waals surface area contributed by atoms with Crippen molar-refractivity contribution in [3.05, 3.63) is 125 Å². The second-order valence-corrected chi connectivity index (χ2v) is 11.4. The summed E-state index contributed by atoms with van der Waals surface area (Å²) in [5.74, 6) is 0.539. The quantitative estimate of drug-likeness (QED) is 0.0871. The number of hydrogen-bond acceptors (Lipinski definition) is 6. The molecule has 0 radical (unpaired) electrons. The summed E-state index contributed by atoms with van der Waals surface area (Å²) in [4.78, 5) is 40.9. The standard InChI is InChI=1S/C38H42N2O5/c1-27(2)25-36(41)40(35-18-11-8-13-28(35)3)23-12-24-45-31-21-19-29(20-22-31)26-34(38(43)44-4)39-33-17-10-9-16-32(33)37(42)30-14-6-5-7-15-30/h5-11,13-22,27,34,39H,12,23-26H2,1-4H3/t34-/m0/s1. The van der Waals surface area contributed by atoms with Gasteiger partial charge in [0.2, 0.25) is 5.91 Å². The number of amides is 1. The maximum Gasteiger partial charge on any atom is 0.328 e. The second-order valence-electron chi connectivity index (χ2n) is 11.4. The largest absolute Gasteiger partial charge is 0.494 e. The van der Waals surface area contributed by atoms with Gasteiger partial charge in [-0.05, 0) is 60.7 Å². The van der Waals surface area contributed by atoms with Crippen LogP contribution in [0, 0.1) is 12.8 Å². The van der Waals surface area contributed by atoms with E-state index in [1.807, 2.05) is 84.6 Å². The predicted octanol–water partition coefficient (Wildman–Crippen LogP) is 7.27. The van der Waals surface area contributed by atoms with Gasteiger partial charge in [-0.3, -0.25) is 9.59 Å². The van der Waals surface area contributed by atoms with Crippen molar-refractivity contribution >= 4 is 29.0 Å². The van der Waals surface area contributed by atoms with Crippen LogP contribution in [0.2, 0.25) is 0 Å². The monoisotopic (exact) mass is 606 g/mol. The number of hydrogen-bond donors (Lipinski definition) is 1. The summed E-state index contributed by atoms with van der Waals surface area (Å²) in [5, 5.41) is 3.24. The van der Waals surface area contributed by atoms with E-state index in [-0.39, 0.29) is 17.6 Å². The van der Waals surface area contributed by atoms with E-state index in [4.69, 9.17) is 9.47 Å². The minimum atomic E-state index is -0.706. The van der Waals surface area contributed by atoms with Crippen molar-refractivity contribution in [2.45, 2.75) is 46.1 Å². The minimum Gasteiger partial charge on any atom is -0.494 e. The minimum absolute atomic E-state index is 0.115. The van der Waals surface area contributed by atoms with Crippen LogP contribution in [-0.4, -0.2) is 44.0 Å². The Bertz CT molecular complexity index is 1570. The van der Waals surface area contributed by atoms with Crippen LogP contribution in [0.3, 0.4) is 0 Å². The van der Waals surface area contributed by atoms with E-state index < -0.39 is 12.0 Å². The molecule has 1 N–H and O–H groups in total. The number of carbonyl (C=O) groups excluding carboxylic acids is 3. The molecule has 4 aromatic rings. The van der Waals surface area contributed by atoms with E-state index in [0.29, 0.717) is 55.0 Å². The zero-order valence-electron chi connectivity index (χ0n) is 26.5. The van der Waals surface area contributed by atoms with Crippen molar-refractivity contribution in [2.24, 2.45) is 5.92 Å². The average Bonchev–Trinajstić information content (AvgIpc) is 3.05. The third-order valence-electron chi connectivity index (χ3n) is 7.47. The van der Waals surface area contributed by atoms with Crippen LogP contribution in [0.25, 0.3) is 0 Å². The Morgan fingerprint density at radius 1 is 0.822 bits per heavy atom. The van der Waals surface area contributed by atoms with E-state index in [9.17, 15) is 14.4 Å². The summed E-state index contributed by atoms with van der Waals surface area (Å²) >= 11 is 0. The lowest BCUT2D eigenvalue weighted by Gasteiger charge is -2.25. The number of rotatable bonds is 15. The Hall–Kier alpha value is -4.91. The summed E-state index contributed by atoms with van der Waals surface area (Å²) in [7, 11) is 1.35. The highest BCUT2D eigenvalue weighted by Gasteiger charge is 2.23. The number of ether oxygens (including phenoxy) is 2. The molecule has 0 heterocycles. The second kappa shape index (κ2) is 16.2. The first-order chi connectivity index (χ1) is 21.8. The molecule has 7 heteroatoms. The number of nitrogens with one attached hydrogen (secondary N) is 1. The number of para-hydroxylation sites is 2. The lowest BCUT2D eigenvalue weighted by atomic mass is 10.00. The van der Waals surface area contributed by atoms with Gasteiger partial charge in [-0.25, -0.2) is 4.79 Å². The van der Waals surface area contributed by atoms with Crippen LogP contribution in [0.4, 0.5) is 11.4 Å². The van der Waals surface area contributed by atoms with Gasteiger partial charge in [0.15, 0.2) is 5.78 Å². The Morgan fingerprint density at radius 2 is 1.49 bits per heavy atom. The predicted molar refractivity (Wildman–Crippen MR) is 179 cm³/mol. The Labute approximate surface area is 266 Å². The molecular weight excluding hydrogens is 564 g/mol. The molecule has 0 bridgehead atoms. The molecule has 0 fully saturated rings. The van der Waals surface area contributed by atoms with Gasteiger partial charge in [0.1, 0.15) is 11.8 Å². The molecule has 0 aliphatic carbocycles. The van der Waals surface area contributed by atoms with Crippen molar-refractivity contribution in [1.29, 1.82) is 0 Å². The number of anilines is 2. The number of esters is 1. The molecule has 0 saturated heterocycles. The van der Waals surface area contributed by atoms with Gasteiger partial charge in [-0.15, -0.1) is 0 Å². The van der Waals surface area contributed by atoms with Crippen molar-refractivity contribution in [3.63, 3.8) is 0 Å². The molecule has 4 aromatic carbocycles. The van der Waals surface area contributed by atoms with Crippen molar-refractivity contribution in [1.82, 2.24) is 0 Å². The molecule has 0 aromatic heterocycles. The van der Waals surface area contributed by atoms with Crippen LogP contribution >= 0.6 is 0 Å². The number of methoxy groups -OCH3 is 1. The van der Waals surface area contributed by atoms with Crippen LogP contribution in [-0.2, 0) is 20.7 Å². The Kier molecular flexibility index (Phi) is 11.9. The fraction of sp³-hybridized carbons (Fsp3) is 0.289. The molecule has 4 rings (SSSR count). The first-order valence-electron chi connectivity index (χ1n) is 15.4. The van der Waals surface area contributed by atoms with Crippen molar-refractivity contribution in [3.8, 4) is 5.75 Å². The zero-order valence-corrected chi connectivity index (χ0v) is 26.5. The third kappa shape index (κ3) is 9.29. The molecule has 7 nitrogen and oxygen atoms in total. The number of ketones is 1. The summed E-state index contributed by atoms with van der Waals surface area (Å²) < 4.78 is 11.1. The summed E-state index contributed by atoms with van der Waals surface area (Å²) in [6, 6.07) is 31.0. The third-order valence-corrected chi connectivity index (χ3v) is 7.47. The normalized spacial score (nSPS) is 11.5. The summed E-state index contributed by atoms with van der Waals surface area (Å²) in [6.07, 6.45) is 1.52. The molecular formula is C38H42N2O5. The zero-order chi connectivity index (χ0) is 32.2. The van der Waals surface area contributed by atoms with Gasteiger partial charge >= 0.3 is 5.97 Å². The van der Waals surface area contributed by atoms with E-state index in [1.165, 1.54) is 7.11 Å². The first kappa shape index (κ1) is 33.0. The molecule has 234 valence electrons. The first-order valence-corrected chi connectivity index (χ1v) is 15.4. The van der Waals surface area contributed by atoms with Gasteiger partial charge in [-0.1, -0.05) is 86.6 Å². The molecule has 0 aliphatic rings. The van der Waals surface area contributed by atoms with E-state index in [0.717, 1.165) is 16.8 Å². The van der Waals surface area contributed by atoms with Gasteiger partial charge in [0.25, 0.3) is 0 Å². The fourth-order valence-corrected chi connectivity index (χ4v) is 5.15. The van der Waals surface area contributed by atoms with E-state index >= 15 is 0 Å². The maximum absolute atomic E-state index is 13.2. The number of aryl methyl sites for hydroxylation is 1. The smallest absolute Gasteiger partial charge is 0.328 e. The SMILES string of the molecule is COC(=O)[C@H](Cc1ccc(OCCCN(C(=O)CC(C)C)c2ccccc2C)cc1)Nc1ccccc1C(=O)c1ccccc1. The molecule has 0 saturated carbocycles. The molecule has 0 aliphatic heterocycles. The molecule has 0 unspecified atom stereocenters.